The Morgan fingerprint density at radius 2 is 1.84 bits per heavy atom. The Hall–Kier alpha value is -1.88. The number of hydrogen-bond acceptors (Lipinski definition) is 3. The Morgan fingerprint density at radius 1 is 1.12 bits per heavy atom. The molecule has 2 saturated heterocycles. The number of piperidine rings is 1. The van der Waals surface area contributed by atoms with Crippen LogP contribution in [-0.2, 0) is 16.0 Å². The fourth-order valence-electron chi connectivity index (χ4n) is 4.03. The highest BCUT2D eigenvalue weighted by molar-refractivity contribution is 5.94. The summed E-state index contributed by atoms with van der Waals surface area (Å²) in [6.45, 7) is 4.01. The largest absolute Gasteiger partial charge is 0.342 e. The molecule has 3 fully saturated rings. The zero-order valence-electron chi connectivity index (χ0n) is 14.7. The molecule has 4 rings (SSSR count). The molecule has 0 bridgehead atoms. The number of amides is 2. The third kappa shape index (κ3) is 3.87. The van der Waals surface area contributed by atoms with Crippen molar-refractivity contribution in [3.63, 3.8) is 0 Å². The molecule has 0 aromatic heterocycles. The molecule has 3 aliphatic rings. The van der Waals surface area contributed by atoms with Crippen LogP contribution in [0, 0.1) is 11.3 Å². The van der Waals surface area contributed by atoms with Crippen LogP contribution in [-0.4, -0.2) is 42.9 Å². The molecule has 1 aliphatic carbocycles. The number of hydrogen-bond donors (Lipinski definition) is 2. The summed E-state index contributed by atoms with van der Waals surface area (Å²) in [5, 5.41) is 6.40. The van der Waals surface area contributed by atoms with E-state index in [1.165, 1.54) is 6.42 Å². The summed E-state index contributed by atoms with van der Waals surface area (Å²) in [6, 6.07) is 7.70. The molecule has 1 saturated carbocycles. The molecule has 2 N–H and O–H groups in total. The van der Waals surface area contributed by atoms with E-state index in [4.69, 9.17) is 0 Å². The first-order valence-corrected chi connectivity index (χ1v) is 9.52. The lowest BCUT2D eigenvalue weighted by atomic mass is 9.78. The van der Waals surface area contributed by atoms with Gasteiger partial charge in [-0.1, -0.05) is 12.1 Å². The fourth-order valence-corrected chi connectivity index (χ4v) is 4.03. The van der Waals surface area contributed by atoms with E-state index in [0.29, 0.717) is 11.8 Å². The number of nitrogens with zero attached hydrogens (tertiary/aromatic N) is 1. The first kappa shape index (κ1) is 16.6. The number of anilines is 1. The maximum Gasteiger partial charge on any atom is 0.227 e. The van der Waals surface area contributed by atoms with Crippen LogP contribution < -0.4 is 10.6 Å². The van der Waals surface area contributed by atoms with Gasteiger partial charge in [0.05, 0.1) is 6.42 Å². The summed E-state index contributed by atoms with van der Waals surface area (Å²) in [5.74, 6) is 0.543. The van der Waals surface area contributed by atoms with Gasteiger partial charge in [-0.2, -0.15) is 0 Å². The number of carbonyl (C=O) groups is 2. The zero-order valence-corrected chi connectivity index (χ0v) is 14.7. The lowest BCUT2D eigenvalue weighted by Crippen LogP contribution is -2.44. The van der Waals surface area contributed by atoms with E-state index in [2.05, 4.69) is 10.6 Å². The quantitative estimate of drug-likeness (QED) is 0.882. The van der Waals surface area contributed by atoms with E-state index >= 15 is 0 Å². The molecular formula is C20H27N3O2. The summed E-state index contributed by atoms with van der Waals surface area (Å²) in [4.78, 5) is 26.4. The number of benzene rings is 1. The summed E-state index contributed by atoms with van der Waals surface area (Å²) in [6.07, 6.45) is 5.96. The highest BCUT2D eigenvalue weighted by atomic mass is 16.2. The van der Waals surface area contributed by atoms with Gasteiger partial charge < -0.3 is 15.5 Å². The van der Waals surface area contributed by atoms with Crippen molar-refractivity contribution < 1.29 is 9.59 Å². The Morgan fingerprint density at radius 3 is 2.44 bits per heavy atom. The van der Waals surface area contributed by atoms with Crippen molar-refractivity contribution in [1.82, 2.24) is 10.2 Å². The maximum absolute atomic E-state index is 12.6. The summed E-state index contributed by atoms with van der Waals surface area (Å²) < 4.78 is 0. The molecule has 2 aliphatic heterocycles. The van der Waals surface area contributed by atoms with E-state index in [1.54, 1.807) is 0 Å². The summed E-state index contributed by atoms with van der Waals surface area (Å²) in [7, 11) is 0. The molecule has 0 radical (unpaired) electrons. The van der Waals surface area contributed by atoms with Gasteiger partial charge in [-0.25, -0.2) is 0 Å². The van der Waals surface area contributed by atoms with E-state index in [1.807, 2.05) is 29.2 Å². The Labute approximate surface area is 149 Å². The Kier molecular flexibility index (Phi) is 4.50. The van der Waals surface area contributed by atoms with Crippen LogP contribution in [0.2, 0.25) is 0 Å². The van der Waals surface area contributed by atoms with Gasteiger partial charge >= 0.3 is 0 Å². The fraction of sp³-hybridized carbons (Fsp3) is 0.600. The van der Waals surface area contributed by atoms with Crippen LogP contribution in [0.5, 0.6) is 0 Å². The minimum Gasteiger partial charge on any atom is -0.342 e. The highest BCUT2D eigenvalue weighted by Crippen LogP contribution is 2.37. The van der Waals surface area contributed by atoms with Crippen molar-refractivity contribution in [3.8, 4) is 0 Å². The molecule has 0 unspecified atom stereocenters. The number of carbonyl (C=O) groups excluding carboxylic acids is 2. The van der Waals surface area contributed by atoms with Gasteiger partial charge in [0.2, 0.25) is 11.8 Å². The standard InChI is InChI=1S/C20H27N3O2/c24-18(23-11-8-20(9-12-23)7-10-21-14-20)13-15-1-5-17(6-2-15)22-19(25)16-3-4-16/h1-2,5-6,16,21H,3-4,7-14H2,(H,22,25). The first-order chi connectivity index (χ1) is 12.1. The monoisotopic (exact) mass is 341 g/mol. The number of likely N-dealkylation sites (tertiary alicyclic amines) is 1. The second-order valence-corrected chi connectivity index (χ2v) is 7.94. The normalized spacial score (nSPS) is 22.2. The average molecular weight is 341 g/mol. The molecule has 2 heterocycles. The van der Waals surface area contributed by atoms with Crippen LogP contribution in [0.3, 0.4) is 0 Å². The number of rotatable bonds is 4. The van der Waals surface area contributed by atoms with Crippen molar-refractivity contribution >= 4 is 17.5 Å². The van der Waals surface area contributed by atoms with Crippen molar-refractivity contribution in [2.75, 3.05) is 31.5 Å². The lowest BCUT2D eigenvalue weighted by Gasteiger charge is -2.39. The minimum absolute atomic E-state index is 0.118. The van der Waals surface area contributed by atoms with Gasteiger partial charge in [0, 0.05) is 31.2 Å². The summed E-state index contributed by atoms with van der Waals surface area (Å²) in [5.41, 5.74) is 2.28. The van der Waals surface area contributed by atoms with Gasteiger partial charge in [0.1, 0.15) is 0 Å². The molecule has 1 spiro atoms. The average Bonchev–Trinajstić information content (AvgIpc) is 3.39. The molecule has 0 atom stereocenters. The summed E-state index contributed by atoms with van der Waals surface area (Å²) >= 11 is 0. The molecule has 25 heavy (non-hydrogen) atoms. The van der Waals surface area contributed by atoms with E-state index < -0.39 is 0 Å². The molecule has 134 valence electrons. The van der Waals surface area contributed by atoms with Crippen molar-refractivity contribution in [1.29, 1.82) is 0 Å². The first-order valence-electron chi connectivity index (χ1n) is 9.52. The third-order valence-electron chi connectivity index (χ3n) is 6.03. The minimum atomic E-state index is 0.118. The SMILES string of the molecule is O=C(Nc1ccc(CC(=O)N2CCC3(CCNC3)CC2)cc1)C1CC1. The van der Waals surface area contributed by atoms with Crippen molar-refractivity contribution in [2.24, 2.45) is 11.3 Å². The molecular weight excluding hydrogens is 314 g/mol. The van der Waals surface area contributed by atoms with Gasteiger partial charge in [0.15, 0.2) is 0 Å². The molecule has 5 heteroatoms. The van der Waals surface area contributed by atoms with Crippen molar-refractivity contribution in [3.05, 3.63) is 29.8 Å². The van der Waals surface area contributed by atoms with Gasteiger partial charge in [-0.15, -0.1) is 0 Å². The Bertz CT molecular complexity index is 635. The molecule has 5 nitrogen and oxygen atoms in total. The predicted molar refractivity (Wildman–Crippen MR) is 97.2 cm³/mol. The van der Waals surface area contributed by atoms with E-state index in [-0.39, 0.29) is 17.7 Å². The van der Waals surface area contributed by atoms with Crippen LogP contribution >= 0.6 is 0 Å². The van der Waals surface area contributed by atoms with Crippen LogP contribution in [0.4, 0.5) is 5.69 Å². The highest BCUT2D eigenvalue weighted by Gasteiger charge is 2.37. The van der Waals surface area contributed by atoms with Crippen LogP contribution in [0.1, 0.15) is 37.7 Å². The number of nitrogens with one attached hydrogen (secondary N) is 2. The smallest absolute Gasteiger partial charge is 0.227 e. The van der Waals surface area contributed by atoms with Gasteiger partial charge in [0.25, 0.3) is 0 Å². The van der Waals surface area contributed by atoms with Crippen LogP contribution in [0.15, 0.2) is 24.3 Å². The molecule has 2 amide bonds. The zero-order chi connectivity index (χ0) is 17.3. The second-order valence-electron chi connectivity index (χ2n) is 7.94. The van der Waals surface area contributed by atoms with Gasteiger partial charge in [-0.3, -0.25) is 9.59 Å². The molecule has 1 aromatic carbocycles. The second kappa shape index (κ2) is 6.79. The predicted octanol–water partition coefficient (Wildman–Crippen LogP) is 2.18. The maximum atomic E-state index is 12.6. The van der Waals surface area contributed by atoms with Crippen molar-refractivity contribution in [2.45, 2.75) is 38.5 Å². The van der Waals surface area contributed by atoms with E-state index in [0.717, 1.165) is 63.1 Å². The van der Waals surface area contributed by atoms with Crippen LogP contribution in [0.25, 0.3) is 0 Å². The van der Waals surface area contributed by atoms with E-state index in [9.17, 15) is 9.59 Å². The van der Waals surface area contributed by atoms with Gasteiger partial charge in [-0.05, 0) is 61.8 Å². The molecule has 1 aromatic rings. The third-order valence-corrected chi connectivity index (χ3v) is 6.03. The Balaban J connectivity index is 1.28. The topological polar surface area (TPSA) is 61.4 Å². The lowest BCUT2D eigenvalue weighted by molar-refractivity contribution is -0.132.